The van der Waals surface area contributed by atoms with E-state index in [1.165, 1.54) is 0 Å². The molecule has 0 saturated carbocycles. The van der Waals surface area contributed by atoms with Crippen LogP contribution in [0.4, 0.5) is 0 Å². The fourth-order valence-electron chi connectivity index (χ4n) is 2.24. The van der Waals surface area contributed by atoms with Gasteiger partial charge in [0, 0.05) is 13.0 Å². The number of aliphatic hydroxyl groups is 1. The largest absolute Gasteiger partial charge is 0.394 e. The maximum Gasteiger partial charge on any atom is 0.223 e. The van der Waals surface area contributed by atoms with E-state index in [-0.39, 0.29) is 18.6 Å². The average Bonchev–Trinajstić information content (AvgIpc) is 2.46. The summed E-state index contributed by atoms with van der Waals surface area (Å²) in [6.07, 6.45) is 12.0. The molecule has 0 radical (unpaired) electrons. The van der Waals surface area contributed by atoms with Crippen molar-refractivity contribution in [3.05, 3.63) is 24.3 Å². The van der Waals surface area contributed by atoms with Gasteiger partial charge in [-0.25, -0.2) is 0 Å². The van der Waals surface area contributed by atoms with Crippen LogP contribution in [0.1, 0.15) is 38.5 Å². The molecule has 1 saturated heterocycles. The number of amides is 1. The van der Waals surface area contributed by atoms with E-state index in [4.69, 9.17) is 5.26 Å². The monoisotopic (exact) mass is 262 g/mol. The zero-order valence-electron chi connectivity index (χ0n) is 11.3. The summed E-state index contributed by atoms with van der Waals surface area (Å²) >= 11 is 0. The molecule has 19 heavy (non-hydrogen) atoms. The molecule has 1 aliphatic heterocycles. The van der Waals surface area contributed by atoms with Gasteiger partial charge in [-0.2, -0.15) is 5.26 Å². The molecule has 0 spiro atoms. The Labute approximate surface area is 115 Å². The summed E-state index contributed by atoms with van der Waals surface area (Å²) in [6.45, 7) is 0.842. The second-order valence-corrected chi connectivity index (χ2v) is 4.68. The Morgan fingerprint density at radius 2 is 2.16 bits per heavy atom. The normalized spacial score (nSPS) is 20.0. The van der Waals surface area contributed by atoms with Gasteiger partial charge in [0.25, 0.3) is 0 Å². The van der Waals surface area contributed by atoms with E-state index in [9.17, 15) is 9.90 Å². The van der Waals surface area contributed by atoms with E-state index in [1.807, 2.05) is 29.2 Å². The summed E-state index contributed by atoms with van der Waals surface area (Å²) in [7, 11) is 0. The molecule has 0 bridgehead atoms. The van der Waals surface area contributed by atoms with Gasteiger partial charge in [-0.05, 0) is 25.7 Å². The molecule has 1 fully saturated rings. The first-order valence-corrected chi connectivity index (χ1v) is 6.88. The zero-order chi connectivity index (χ0) is 13.9. The van der Waals surface area contributed by atoms with E-state index in [1.54, 1.807) is 6.08 Å². The third-order valence-electron chi connectivity index (χ3n) is 3.28. The molecule has 1 heterocycles. The van der Waals surface area contributed by atoms with Crippen LogP contribution in [-0.2, 0) is 4.79 Å². The molecule has 4 heteroatoms. The first-order chi connectivity index (χ1) is 9.29. The lowest BCUT2D eigenvalue weighted by Crippen LogP contribution is -2.45. The van der Waals surface area contributed by atoms with Crippen molar-refractivity contribution in [2.75, 3.05) is 13.2 Å². The molecule has 1 rings (SSSR count). The van der Waals surface area contributed by atoms with Gasteiger partial charge in [-0.1, -0.05) is 24.3 Å². The number of nitrogens with zero attached hydrogens (tertiary/aromatic N) is 2. The van der Waals surface area contributed by atoms with Crippen LogP contribution in [0.3, 0.4) is 0 Å². The Bertz CT molecular complexity index is 369. The van der Waals surface area contributed by atoms with E-state index in [0.717, 1.165) is 25.8 Å². The van der Waals surface area contributed by atoms with Crippen LogP contribution in [0.25, 0.3) is 0 Å². The van der Waals surface area contributed by atoms with E-state index >= 15 is 0 Å². The second-order valence-electron chi connectivity index (χ2n) is 4.68. The van der Waals surface area contributed by atoms with Crippen molar-refractivity contribution in [3.8, 4) is 6.07 Å². The first-order valence-electron chi connectivity index (χ1n) is 6.88. The van der Waals surface area contributed by atoms with Crippen molar-refractivity contribution in [3.63, 3.8) is 0 Å². The van der Waals surface area contributed by atoms with Crippen molar-refractivity contribution < 1.29 is 9.90 Å². The number of nitriles is 1. The smallest absolute Gasteiger partial charge is 0.223 e. The Morgan fingerprint density at radius 1 is 1.37 bits per heavy atom. The van der Waals surface area contributed by atoms with Crippen LogP contribution in [-0.4, -0.2) is 35.1 Å². The Balaban J connectivity index is 2.28. The van der Waals surface area contributed by atoms with Crippen LogP contribution in [0.5, 0.6) is 0 Å². The quantitative estimate of drug-likeness (QED) is 0.746. The van der Waals surface area contributed by atoms with E-state index in [0.29, 0.717) is 19.3 Å². The number of hydrogen-bond donors (Lipinski definition) is 1. The second kappa shape index (κ2) is 9.35. The molecule has 0 aliphatic carbocycles. The first kappa shape index (κ1) is 15.5. The molecular formula is C15H22N2O2. The molecule has 0 aromatic carbocycles. The summed E-state index contributed by atoms with van der Waals surface area (Å²) in [5.41, 5.74) is 0. The summed E-state index contributed by atoms with van der Waals surface area (Å²) in [6, 6.07) is 2.04. The third-order valence-corrected chi connectivity index (χ3v) is 3.28. The standard InChI is InChI=1S/C15H22N2O2/c16-11-7-4-2-1-3-5-10-15(19)17-12-8-6-9-14(17)13-18/h1-4,14,18H,5-10,12-13H2/b3-1-,4-2-/t14-/m0/s1. The highest BCUT2D eigenvalue weighted by atomic mass is 16.3. The fourth-order valence-corrected chi connectivity index (χ4v) is 2.24. The molecular weight excluding hydrogens is 240 g/mol. The van der Waals surface area contributed by atoms with Crippen molar-refractivity contribution in [1.29, 1.82) is 5.26 Å². The predicted octanol–water partition coefficient (Wildman–Crippen LogP) is 2.17. The van der Waals surface area contributed by atoms with Gasteiger partial charge in [0.2, 0.25) is 5.91 Å². The number of aliphatic hydroxyl groups excluding tert-OH is 1. The molecule has 4 nitrogen and oxygen atoms in total. The summed E-state index contributed by atoms with van der Waals surface area (Å²) < 4.78 is 0. The van der Waals surface area contributed by atoms with Crippen molar-refractivity contribution in [2.45, 2.75) is 44.6 Å². The number of rotatable bonds is 6. The number of likely N-dealkylation sites (tertiary alicyclic amines) is 1. The van der Waals surface area contributed by atoms with Crippen molar-refractivity contribution >= 4 is 5.91 Å². The van der Waals surface area contributed by atoms with E-state index < -0.39 is 0 Å². The van der Waals surface area contributed by atoms with Crippen LogP contribution < -0.4 is 0 Å². The minimum absolute atomic E-state index is 0.0146. The van der Waals surface area contributed by atoms with Crippen molar-refractivity contribution in [2.24, 2.45) is 0 Å². The fraction of sp³-hybridized carbons (Fsp3) is 0.600. The minimum atomic E-state index is 0.0146. The van der Waals surface area contributed by atoms with E-state index in [2.05, 4.69) is 0 Å². The molecule has 0 aromatic rings. The summed E-state index contributed by atoms with van der Waals surface area (Å²) in [5.74, 6) is 0.129. The molecule has 1 aliphatic rings. The minimum Gasteiger partial charge on any atom is -0.394 e. The molecule has 104 valence electrons. The number of piperidine rings is 1. The van der Waals surface area contributed by atoms with Crippen LogP contribution in [0, 0.1) is 11.3 Å². The number of carbonyl (C=O) groups excluding carboxylic acids is 1. The molecule has 0 aromatic heterocycles. The van der Waals surface area contributed by atoms with Gasteiger partial charge in [0.05, 0.1) is 25.1 Å². The topological polar surface area (TPSA) is 64.3 Å². The zero-order valence-corrected chi connectivity index (χ0v) is 11.3. The number of allylic oxidation sites excluding steroid dienone is 4. The van der Waals surface area contributed by atoms with Gasteiger partial charge < -0.3 is 10.0 Å². The summed E-state index contributed by atoms with van der Waals surface area (Å²) in [4.78, 5) is 13.8. The molecule has 1 N–H and O–H groups in total. The SMILES string of the molecule is N#CC/C=C\C=C/CCC(=O)N1CCCC[C@H]1CO. The predicted molar refractivity (Wildman–Crippen MR) is 74.2 cm³/mol. The molecule has 1 atom stereocenters. The lowest BCUT2D eigenvalue weighted by Gasteiger charge is -2.34. The van der Waals surface area contributed by atoms with Crippen molar-refractivity contribution in [1.82, 2.24) is 4.90 Å². The third kappa shape index (κ3) is 5.71. The Hall–Kier alpha value is -1.60. The van der Waals surface area contributed by atoms with Crippen LogP contribution in [0.15, 0.2) is 24.3 Å². The average molecular weight is 262 g/mol. The highest BCUT2D eigenvalue weighted by molar-refractivity contribution is 5.76. The van der Waals surface area contributed by atoms with Gasteiger partial charge in [-0.15, -0.1) is 0 Å². The molecule has 0 unspecified atom stereocenters. The van der Waals surface area contributed by atoms with Crippen LogP contribution in [0.2, 0.25) is 0 Å². The maximum atomic E-state index is 12.0. The Morgan fingerprint density at radius 3 is 2.89 bits per heavy atom. The Kier molecular flexibility index (Phi) is 7.60. The maximum absolute atomic E-state index is 12.0. The van der Waals surface area contributed by atoms with Gasteiger partial charge in [0.1, 0.15) is 0 Å². The lowest BCUT2D eigenvalue weighted by molar-refractivity contribution is -0.135. The van der Waals surface area contributed by atoms with Gasteiger partial charge in [-0.3, -0.25) is 4.79 Å². The number of hydrogen-bond acceptors (Lipinski definition) is 3. The lowest BCUT2D eigenvalue weighted by atomic mass is 10.0. The van der Waals surface area contributed by atoms with Gasteiger partial charge in [0.15, 0.2) is 0 Å². The molecule has 1 amide bonds. The highest BCUT2D eigenvalue weighted by Crippen LogP contribution is 2.17. The van der Waals surface area contributed by atoms with Crippen LogP contribution >= 0.6 is 0 Å². The van der Waals surface area contributed by atoms with Gasteiger partial charge >= 0.3 is 0 Å². The highest BCUT2D eigenvalue weighted by Gasteiger charge is 2.24. The summed E-state index contributed by atoms with van der Waals surface area (Å²) in [5, 5.41) is 17.6. The number of carbonyl (C=O) groups is 1.